The van der Waals surface area contributed by atoms with Gasteiger partial charge in [-0.25, -0.2) is 0 Å². The highest BCUT2D eigenvalue weighted by molar-refractivity contribution is 5.77. The average molecular weight is 190 g/mol. The van der Waals surface area contributed by atoms with Gasteiger partial charge in [-0.15, -0.1) is 0 Å². The molecule has 1 aliphatic heterocycles. The first kappa shape index (κ1) is 9.06. The zero-order chi connectivity index (χ0) is 10.2. The first-order chi connectivity index (χ1) is 6.63. The molecule has 2 aliphatic rings. The normalized spacial score (nSPS) is 28.9. The van der Waals surface area contributed by atoms with Crippen molar-refractivity contribution in [3.05, 3.63) is 35.7 Å². The number of hydrogen-bond donors (Lipinski definition) is 2. The summed E-state index contributed by atoms with van der Waals surface area (Å²) in [6.07, 6.45) is 9.38. The van der Waals surface area contributed by atoms with Crippen molar-refractivity contribution in [1.82, 2.24) is 5.32 Å². The molecule has 3 heteroatoms. The van der Waals surface area contributed by atoms with Crippen LogP contribution in [0.4, 0.5) is 0 Å². The Hall–Kier alpha value is -1.51. The van der Waals surface area contributed by atoms with Crippen molar-refractivity contribution in [3.8, 4) is 0 Å². The van der Waals surface area contributed by atoms with Gasteiger partial charge in [0.15, 0.2) is 0 Å². The Morgan fingerprint density at radius 1 is 1.71 bits per heavy atom. The fourth-order valence-corrected chi connectivity index (χ4v) is 2.03. The smallest absolute Gasteiger partial charge is 0.221 e. The molecule has 1 amide bonds. The van der Waals surface area contributed by atoms with Crippen molar-refractivity contribution in [2.45, 2.75) is 19.8 Å². The molecule has 0 saturated carbocycles. The minimum Gasteiger partial charge on any atom is -0.369 e. The summed E-state index contributed by atoms with van der Waals surface area (Å²) < 4.78 is 0. The molecule has 0 spiro atoms. The van der Waals surface area contributed by atoms with E-state index in [-0.39, 0.29) is 11.3 Å². The molecule has 14 heavy (non-hydrogen) atoms. The zero-order valence-corrected chi connectivity index (χ0v) is 8.21. The molecular formula is C11H14N2O. The van der Waals surface area contributed by atoms with E-state index in [1.165, 1.54) is 0 Å². The van der Waals surface area contributed by atoms with E-state index in [2.05, 4.69) is 18.3 Å². The lowest BCUT2D eigenvalue weighted by Crippen LogP contribution is -2.25. The van der Waals surface area contributed by atoms with E-state index in [4.69, 9.17) is 5.73 Å². The predicted molar refractivity (Wildman–Crippen MR) is 55.0 cm³/mol. The lowest BCUT2D eigenvalue weighted by Gasteiger charge is -2.29. The van der Waals surface area contributed by atoms with Crippen LogP contribution in [0.15, 0.2) is 35.7 Å². The largest absolute Gasteiger partial charge is 0.369 e. The average Bonchev–Trinajstić information content (AvgIpc) is 2.43. The number of nitrogens with two attached hydrogens (primary N) is 1. The quantitative estimate of drug-likeness (QED) is 0.687. The van der Waals surface area contributed by atoms with E-state index in [0.29, 0.717) is 6.42 Å². The summed E-state index contributed by atoms with van der Waals surface area (Å²) in [6.45, 7) is 2.14. The summed E-state index contributed by atoms with van der Waals surface area (Å²) in [5, 5.41) is 3.19. The summed E-state index contributed by atoms with van der Waals surface area (Å²) in [6, 6.07) is 0. The van der Waals surface area contributed by atoms with Gasteiger partial charge < -0.3 is 11.1 Å². The molecule has 2 rings (SSSR count). The van der Waals surface area contributed by atoms with Gasteiger partial charge >= 0.3 is 0 Å². The number of primary amides is 1. The van der Waals surface area contributed by atoms with Crippen molar-refractivity contribution >= 4 is 5.91 Å². The molecule has 0 aromatic rings. The summed E-state index contributed by atoms with van der Waals surface area (Å²) in [5.41, 5.74) is 7.42. The van der Waals surface area contributed by atoms with Crippen molar-refractivity contribution < 1.29 is 4.79 Å². The van der Waals surface area contributed by atoms with Gasteiger partial charge in [0.2, 0.25) is 5.91 Å². The number of rotatable bonds is 2. The molecule has 0 bridgehead atoms. The van der Waals surface area contributed by atoms with Crippen molar-refractivity contribution in [2.75, 3.05) is 0 Å². The van der Waals surface area contributed by atoms with Gasteiger partial charge in [-0.1, -0.05) is 12.2 Å². The molecule has 1 heterocycles. The Labute approximate surface area is 83.4 Å². The summed E-state index contributed by atoms with van der Waals surface area (Å²) >= 11 is 0. The first-order valence-electron chi connectivity index (χ1n) is 4.74. The molecule has 0 saturated heterocycles. The summed E-state index contributed by atoms with van der Waals surface area (Å²) in [5.74, 6) is -0.268. The third kappa shape index (κ3) is 1.25. The minimum absolute atomic E-state index is 0.0379. The van der Waals surface area contributed by atoms with E-state index >= 15 is 0 Å². The molecule has 1 atom stereocenters. The molecule has 0 aromatic carbocycles. The van der Waals surface area contributed by atoms with Gasteiger partial charge in [0.1, 0.15) is 0 Å². The fraction of sp³-hybridized carbons (Fsp3) is 0.364. The molecule has 0 radical (unpaired) electrons. The maximum absolute atomic E-state index is 10.9. The van der Waals surface area contributed by atoms with E-state index in [1.807, 2.05) is 18.4 Å². The minimum atomic E-state index is -0.268. The van der Waals surface area contributed by atoms with E-state index in [0.717, 1.165) is 17.7 Å². The van der Waals surface area contributed by atoms with Crippen LogP contribution in [0.2, 0.25) is 0 Å². The summed E-state index contributed by atoms with van der Waals surface area (Å²) in [4.78, 5) is 10.9. The van der Waals surface area contributed by atoms with Crippen LogP contribution in [0.25, 0.3) is 0 Å². The monoisotopic (exact) mass is 190 g/mol. The number of fused-ring (bicyclic) bond motifs is 1. The molecule has 3 nitrogen and oxygen atoms in total. The molecular weight excluding hydrogens is 176 g/mol. The second-order valence-electron chi connectivity index (χ2n) is 4.00. The highest BCUT2D eigenvalue weighted by Gasteiger charge is 2.37. The van der Waals surface area contributed by atoms with Crippen molar-refractivity contribution in [2.24, 2.45) is 11.1 Å². The number of allylic oxidation sites excluding steroid dienone is 4. The van der Waals surface area contributed by atoms with Crippen molar-refractivity contribution in [1.29, 1.82) is 0 Å². The highest BCUT2D eigenvalue weighted by Crippen LogP contribution is 2.44. The van der Waals surface area contributed by atoms with Crippen LogP contribution >= 0.6 is 0 Å². The van der Waals surface area contributed by atoms with E-state index < -0.39 is 0 Å². The lowest BCUT2D eigenvalue weighted by molar-refractivity contribution is -0.117. The zero-order valence-electron chi connectivity index (χ0n) is 8.21. The number of carbonyl (C=O) groups excluding carboxylic acids is 1. The molecule has 0 aromatic heterocycles. The van der Waals surface area contributed by atoms with E-state index in [9.17, 15) is 4.79 Å². The topological polar surface area (TPSA) is 55.1 Å². The van der Waals surface area contributed by atoms with Crippen LogP contribution in [0, 0.1) is 5.41 Å². The van der Waals surface area contributed by atoms with Gasteiger partial charge in [-0.3, -0.25) is 4.79 Å². The third-order valence-electron chi connectivity index (χ3n) is 2.99. The summed E-state index contributed by atoms with van der Waals surface area (Å²) in [7, 11) is 0. The fourth-order valence-electron chi connectivity index (χ4n) is 2.03. The van der Waals surface area contributed by atoms with Crippen LogP contribution in [0.3, 0.4) is 0 Å². The Kier molecular flexibility index (Phi) is 1.95. The van der Waals surface area contributed by atoms with Gasteiger partial charge in [-0.05, 0) is 25.0 Å². The standard InChI is InChI=1S/C11H14N2O/c1-11-5-3-2-4-9(11)13-7-8(11)6-10(12)14/h2-4,7,13H,5-6H2,1H3,(H2,12,14). The number of carbonyl (C=O) groups is 1. The Morgan fingerprint density at radius 2 is 2.50 bits per heavy atom. The van der Waals surface area contributed by atoms with Crippen LogP contribution in [-0.4, -0.2) is 5.91 Å². The molecule has 3 N–H and O–H groups in total. The second-order valence-corrected chi connectivity index (χ2v) is 4.00. The third-order valence-corrected chi connectivity index (χ3v) is 2.99. The van der Waals surface area contributed by atoms with Crippen LogP contribution in [0.1, 0.15) is 19.8 Å². The lowest BCUT2D eigenvalue weighted by atomic mass is 9.75. The maximum atomic E-state index is 10.9. The second kappa shape index (κ2) is 3.01. The van der Waals surface area contributed by atoms with Gasteiger partial charge in [0, 0.05) is 23.7 Å². The van der Waals surface area contributed by atoms with Crippen molar-refractivity contribution in [3.63, 3.8) is 0 Å². The Morgan fingerprint density at radius 3 is 3.21 bits per heavy atom. The SMILES string of the molecule is CC12CC=CC=C1NC=C2CC(N)=O. The van der Waals surface area contributed by atoms with E-state index in [1.54, 1.807) is 0 Å². The first-order valence-corrected chi connectivity index (χ1v) is 4.74. The van der Waals surface area contributed by atoms with Crippen LogP contribution in [-0.2, 0) is 4.79 Å². The number of amides is 1. The molecule has 1 unspecified atom stereocenters. The van der Waals surface area contributed by atoms with Crippen LogP contribution in [0.5, 0.6) is 0 Å². The molecule has 0 fully saturated rings. The Bertz CT molecular complexity index is 365. The number of nitrogens with one attached hydrogen (secondary N) is 1. The van der Waals surface area contributed by atoms with Gasteiger partial charge in [0.25, 0.3) is 0 Å². The molecule has 74 valence electrons. The predicted octanol–water partition coefficient (Wildman–Crippen LogP) is 1.20. The number of hydrogen-bond acceptors (Lipinski definition) is 2. The maximum Gasteiger partial charge on any atom is 0.221 e. The Balaban J connectivity index is 2.26. The van der Waals surface area contributed by atoms with Gasteiger partial charge in [-0.2, -0.15) is 0 Å². The molecule has 1 aliphatic carbocycles. The van der Waals surface area contributed by atoms with Crippen LogP contribution < -0.4 is 11.1 Å². The van der Waals surface area contributed by atoms with Gasteiger partial charge in [0.05, 0.1) is 0 Å². The highest BCUT2D eigenvalue weighted by atomic mass is 16.1.